The summed E-state index contributed by atoms with van der Waals surface area (Å²) in [6.45, 7) is 0.0431. The van der Waals surface area contributed by atoms with E-state index in [0.717, 1.165) is 18.4 Å². The number of ether oxygens (including phenoxy) is 1. The molecule has 1 heterocycles. The topological polar surface area (TPSA) is 75.7 Å². The van der Waals surface area contributed by atoms with Gasteiger partial charge < -0.3 is 10.1 Å². The average Bonchev–Trinajstić information content (AvgIpc) is 2.79. The van der Waals surface area contributed by atoms with E-state index in [2.05, 4.69) is 5.32 Å². The van der Waals surface area contributed by atoms with Crippen molar-refractivity contribution in [2.24, 2.45) is 0 Å². The number of hydrogen-bond acceptors (Lipinski definition) is 4. The third-order valence-corrected chi connectivity index (χ3v) is 7.15. The summed E-state index contributed by atoms with van der Waals surface area (Å²) < 4.78 is 46.3. The second-order valence-electron chi connectivity index (χ2n) is 7.25. The van der Waals surface area contributed by atoms with Crippen LogP contribution in [0.1, 0.15) is 12.0 Å². The maximum Gasteiger partial charge on any atom is 0.264 e. The number of para-hydroxylation sites is 1. The fourth-order valence-corrected chi connectivity index (χ4v) is 5.38. The van der Waals surface area contributed by atoms with Gasteiger partial charge in [0.25, 0.3) is 15.9 Å². The molecule has 6 nitrogen and oxygen atoms in total. The molecule has 3 aromatic rings. The van der Waals surface area contributed by atoms with Crippen LogP contribution in [0.15, 0.2) is 71.6 Å². The van der Waals surface area contributed by atoms with Crippen LogP contribution in [0.5, 0.6) is 5.75 Å². The number of carbonyl (C=O) groups is 1. The Morgan fingerprint density at radius 3 is 2.59 bits per heavy atom. The molecule has 0 fully saturated rings. The Labute approximate surface area is 190 Å². The Morgan fingerprint density at radius 1 is 1.09 bits per heavy atom. The number of nitrogens with one attached hydrogen (secondary N) is 1. The molecule has 4 rings (SSSR count). The van der Waals surface area contributed by atoms with E-state index in [-0.39, 0.29) is 22.3 Å². The molecule has 0 aliphatic carbocycles. The first-order chi connectivity index (χ1) is 15.3. The van der Waals surface area contributed by atoms with E-state index in [1.807, 2.05) is 18.2 Å². The molecule has 0 radical (unpaired) electrons. The molecule has 1 amide bonds. The largest absolute Gasteiger partial charge is 0.482 e. The molecule has 0 unspecified atom stereocenters. The monoisotopic (exact) mass is 474 g/mol. The number of rotatable bonds is 6. The summed E-state index contributed by atoms with van der Waals surface area (Å²) in [6.07, 6.45) is 1.56. The lowest BCUT2D eigenvalue weighted by Gasteiger charge is -2.30. The van der Waals surface area contributed by atoms with Gasteiger partial charge >= 0.3 is 0 Å². The minimum Gasteiger partial charge on any atom is -0.482 e. The molecule has 3 aromatic carbocycles. The van der Waals surface area contributed by atoms with Gasteiger partial charge in [0.2, 0.25) is 0 Å². The van der Waals surface area contributed by atoms with Gasteiger partial charge in [0.1, 0.15) is 11.6 Å². The third kappa shape index (κ3) is 4.71. The number of fused-ring (bicyclic) bond motifs is 1. The molecule has 9 heteroatoms. The Balaban J connectivity index is 1.46. The lowest BCUT2D eigenvalue weighted by molar-refractivity contribution is -0.118. The van der Waals surface area contributed by atoms with E-state index in [1.165, 1.54) is 46.8 Å². The van der Waals surface area contributed by atoms with E-state index in [4.69, 9.17) is 16.3 Å². The number of aryl methyl sites for hydroxylation is 1. The van der Waals surface area contributed by atoms with Crippen LogP contribution in [0, 0.1) is 5.82 Å². The Bertz CT molecular complexity index is 1250. The number of carbonyl (C=O) groups excluding carboxylic acids is 1. The first-order valence-electron chi connectivity index (χ1n) is 9.93. The average molecular weight is 475 g/mol. The maximum atomic E-state index is 13.2. The van der Waals surface area contributed by atoms with E-state index >= 15 is 0 Å². The van der Waals surface area contributed by atoms with Gasteiger partial charge in [-0.05, 0) is 66.9 Å². The van der Waals surface area contributed by atoms with Gasteiger partial charge in [-0.3, -0.25) is 9.10 Å². The van der Waals surface area contributed by atoms with Gasteiger partial charge in [0, 0.05) is 12.2 Å². The van der Waals surface area contributed by atoms with Crippen LogP contribution < -0.4 is 14.4 Å². The van der Waals surface area contributed by atoms with Gasteiger partial charge in [-0.25, -0.2) is 12.8 Å². The standard InChI is InChI=1S/C23H20ClFN2O4S/c24-20-14-19(32(29,30)27-13-3-5-16-4-1-2-6-21(16)27)11-12-22(20)31-15-23(28)26-18-9-7-17(25)8-10-18/h1-2,4,6-12,14H,3,5,13,15H2,(H,26,28). The highest BCUT2D eigenvalue weighted by molar-refractivity contribution is 7.92. The zero-order chi connectivity index (χ0) is 22.7. The molecule has 1 N–H and O–H groups in total. The van der Waals surface area contributed by atoms with E-state index in [0.29, 0.717) is 17.9 Å². The number of benzene rings is 3. The molecule has 1 aliphatic heterocycles. The van der Waals surface area contributed by atoms with Crippen molar-refractivity contribution in [3.8, 4) is 5.75 Å². The third-order valence-electron chi connectivity index (χ3n) is 5.05. The first-order valence-corrected chi connectivity index (χ1v) is 11.7. The smallest absolute Gasteiger partial charge is 0.264 e. The van der Waals surface area contributed by atoms with Crippen molar-refractivity contribution in [3.05, 3.63) is 83.1 Å². The Morgan fingerprint density at radius 2 is 1.84 bits per heavy atom. The van der Waals surface area contributed by atoms with E-state index < -0.39 is 21.7 Å². The number of halogens is 2. The second kappa shape index (κ2) is 9.18. The van der Waals surface area contributed by atoms with Crippen LogP contribution in [-0.2, 0) is 21.2 Å². The van der Waals surface area contributed by atoms with Crippen LogP contribution in [0.3, 0.4) is 0 Å². The van der Waals surface area contributed by atoms with Crippen molar-refractivity contribution in [2.45, 2.75) is 17.7 Å². The highest BCUT2D eigenvalue weighted by Gasteiger charge is 2.29. The zero-order valence-corrected chi connectivity index (χ0v) is 18.5. The fourth-order valence-electron chi connectivity index (χ4n) is 3.51. The molecule has 32 heavy (non-hydrogen) atoms. The molecular formula is C23H20ClFN2O4S. The van der Waals surface area contributed by atoms with Crippen LogP contribution in [0.2, 0.25) is 5.02 Å². The minimum absolute atomic E-state index is 0.0438. The van der Waals surface area contributed by atoms with Gasteiger partial charge in [-0.2, -0.15) is 0 Å². The predicted octanol–water partition coefficient (Wildman–Crippen LogP) is 4.64. The summed E-state index contributed by atoms with van der Waals surface area (Å²) in [6, 6.07) is 16.9. The van der Waals surface area contributed by atoms with E-state index in [1.54, 1.807) is 6.07 Å². The molecular weight excluding hydrogens is 455 g/mol. The van der Waals surface area contributed by atoms with Crippen LogP contribution in [0.4, 0.5) is 15.8 Å². The summed E-state index contributed by atoms with van der Waals surface area (Å²) in [7, 11) is -3.81. The van der Waals surface area contributed by atoms with Crippen LogP contribution >= 0.6 is 11.6 Å². The van der Waals surface area contributed by atoms with Crippen molar-refractivity contribution < 1.29 is 22.3 Å². The van der Waals surface area contributed by atoms with Crippen molar-refractivity contribution in [3.63, 3.8) is 0 Å². The highest BCUT2D eigenvalue weighted by atomic mass is 35.5. The minimum atomic E-state index is -3.81. The molecule has 0 bridgehead atoms. The lowest BCUT2D eigenvalue weighted by Crippen LogP contribution is -2.35. The van der Waals surface area contributed by atoms with Gasteiger partial charge in [0.15, 0.2) is 6.61 Å². The quantitative estimate of drug-likeness (QED) is 0.564. The van der Waals surface area contributed by atoms with Gasteiger partial charge in [-0.15, -0.1) is 0 Å². The summed E-state index contributed by atoms with van der Waals surface area (Å²) in [4.78, 5) is 12.1. The molecule has 0 saturated heterocycles. The number of amides is 1. The van der Waals surface area contributed by atoms with Crippen molar-refractivity contribution in [1.82, 2.24) is 0 Å². The van der Waals surface area contributed by atoms with Crippen molar-refractivity contribution >= 4 is 38.9 Å². The number of hydrogen-bond donors (Lipinski definition) is 1. The first kappa shape index (κ1) is 22.1. The Hall–Kier alpha value is -3.10. The molecule has 1 aliphatic rings. The summed E-state index contributed by atoms with van der Waals surface area (Å²) in [5.74, 6) is -0.692. The fraction of sp³-hybridized carbons (Fsp3) is 0.174. The summed E-state index contributed by atoms with van der Waals surface area (Å²) in [5.41, 5.74) is 2.09. The molecule has 0 saturated carbocycles. The lowest BCUT2D eigenvalue weighted by atomic mass is 10.0. The zero-order valence-electron chi connectivity index (χ0n) is 16.9. The second-order valence-corrected chi connectivity index (χ2v) is 9.51. The molecule has 0 atom stereocenters. The summed E-state index contributed by atoms with van der Waals surface area (Å²) >= 11 is 6.25. The predicted molar refractivity (Wildman–Crippen MR) is 121 cm³/mol. The van der Waals surface area contributed by atoms with E-state index in [9.17, 15) is 17.6 Å². The SMILES string of the molecule is O=C(COc1ccc(S(=O)(=O)N2CCCc3ccccc32)cc1Cl)Nc1ccc(F)cc1. The highest BCUT2D eigenvalue weighted by Crippen LogP contribution is 2.34. The molecule has 166 valence electrons. The van der Waals surface area contributed by atoms with Gasteiger partial charge in [0.05, 0.1) is 15.6 Å². The molecule has 0 aromatic heterocycles. The Kier molecular flexibility index (Phi) is 6.34. The number of anilines is 2. The van der Waals surface area contributed by atoms with Crippen molar-refractivity contribution in [2.75, 3.05) is 22.8 Å². The number of sulfonamides is 1. The van der Waals surface area contributed by atoms with Gasteiger partial charge in [-0.1, -0.05) is 29.8 Å². The van der Waals surface area contributed by atoms with Crippen molar-refractivity contribution in [1.29, 1.82) is 0 Å². The molecule has 0 spiro atoms. The van der Waals surface area contributed by atoms with Crippen LogP contribution in [-0.4, -0.2) is 27.5 Å². The summed E-state index contributed by atoms with van der Waals surface area (Å²) in [5, 5.41) is 2.65. The maximum absolute atomic E-state index is 13.2. The number of nitrogens with zero attached hydrogens (tertiary/aromatic N) is 1. The van der Waals surface area contributed by atoms with Crippen LogP contribution in [0.25, 0.3) is 0 Å². The normalized spacial score (nSPS) is 13.4.